The number of piperidine rings is 1. The number of fused-ring (bicyclic) bond motifs is 1. The summed E-state index contributed by atoms with van der Waals surface area (Å²) in [5.74, 6) is -2.98. The van der Waals surface area contributed by atoms with Crippen LogP contribution in [0, 0.1) is 0 Å². The molecule has 2 aliphatic rings. The smallest absolute Gasteiger partial charge is 0.264 e. The van der Waals surface area contributed by atoms with Gasteiger partial charge in [-0.3, -0.25) is 29.0 Å². The highest BCUT2D eigenvalue weighted by molar-refractivity contribution is 7.90. The molecule has 0 saturated carbocycles. The van der Waals surface area contributed by atoms with E-state index in [0.717, 1.165) is 16.1 Å². The molecule has 0 radical (unpaired) electrons. The summed E-state index contributed by atoms with van der Waals surface area (Å²) in [4.78, 5) is 51.6. The molecule has 1 saturated heterocycles. The first kappa shape index (κ1) is 18.1. The summed E-state index contributed by atoms with van der Waals surface area (Å²) in [7, 11) is -3.39. The van der Waals surface area contributed by atoms with E-state index in [0.29, 0.717) is 0 Å². The van der Waals surface area contributed by atoms with Gasteiger partial charge in [-0.2, -0.15) is 0 Å². The number of nitrogens with two attached hydrogens (primary N) is 1. The molecule has 1 unspecified atom stereocenters. The average molecular weight is 379 g/mol. The number of nitrogen functional groups attached to an aromatic ring is 1. The van der Waals surface area contributed by atoms with Crippen LogP contribution in [0.5, 0.6) is 0 Å². The number of imide groups is 2. The van der Waals surface area contributed by atoms with Gasteiger partial charge in [-0.25, -0.2) is 8.42 Å². The van der Waals surface area contributed by atoms with Crippen molar-refractivity contribution < 1.29 is 27.6 Å². The zero-order valence-electron chi connectivity index (χ0n) is 14.0. The molecular formula is C16H17N3O6S. The van der Waals surface area contributed by atoms with Gasteiger partial charge >= 0.3 is 0 Å². The quantitative estimate of drug-likeness (QED) is 0.546. The highest BCUT2D eigenvalue weighted by Gasteiger charge is 2.47. The molecule has 2 aliphatic heterocycles. The van der Waals surface area contributed by atoms with E-state index in [-0.39, 0.29) is 42.0 Å². The molecule has 9 nitrogen and oxygen atoms in total. The van der Waals surface area contributed by atoms with Crippen LogP contribution in [0.15, 0.2) is 18.2 Å². The third kappa shape index (κ3) is 2.96. The molecular weight excluding hydrogens is 362 g/mol. The van der Waals surface area contributed by atoms with Gasteiger partial charge in [-0.1, -0.05) is 6.07 Å². The molecule has 26 heavy (non-hydrogen) atoms. The van der Waals surface area contributed by atoms with Crippen molar-refractivity contribution in [1.82, 2.24) is 9.80 Å². The van der Waals surface area contributed by atoms with Crippen LogP contribution in [0.4, 0.5) is 5.69 Å². The molecule has 1 atom stereocenters. The molecule has 4 amide bonds. The molecule has 138 valence electrons. The maximum Gasteiger partial charge on any atom is 0.264 e. The van der Waals surface area contributed by atoms with E-state index in [1.165, 1.54) is 18.2 Å². The normalized spacial score (nSPS) is 20.7. The van der Waals surface area contributed by atoms with Gasteiger partial charge in [0.1, 0.15) is 15.9 Å². The third-order valence-electron chi connectivity index (χ3n) is 4.46. The maximum atomic E-state index is 12.7. The van der Waals surface area contributed by atoms with Crippen LogP contribution in [0.25, 0.3) is 0 Å². The van der Waals surface area contributed by atoms with E-state index < -0.39 is 39.5 Å². The molecule has 0 spiro atoms. The first-order valence-corrected chi connectivity index (χ1v) is 9.96. The Kier molecular flexibility index (Phi) is 4.31. The molecule has 1 fully saturated rings. The van der Waals surface area contributed by atoms with Crippen LogP contribution in [-0.2, 0) is 19.4 Å². The monoisotopic (exact) mass is 379 g/mol. The fourth-order valence-electron chi connectivity index (χ4n) is 3.17. The van der Waals surface area contributed by atoms with Gasteiger partial charge < -0.3 is 5.73 Å². The lowest BCUT2D eigenvalue weighted by Crippen LogP contribution is -2.56. The van der Waals surface area contributed by atoms with Crippen molar-refractivity contribution in [1.29, 1.82) is 0 Å². The summed E-state index contributed by atoms with van der Waals surface area (Å²) in [6, 6.07) is 3.32. The first-order chi connectivity index (χ1) is 12.1. The number of amides is 4. The lowest BCUT2D eigenvalue weighted by atomic mass is 10.0. The van der Waals surface area contributed by atoms with E-state index in [9.17, 15) is 27.6 Å². The van der Waals surface area contributed by atoms with Crippen molar-refractivity contribution in [3.8, 4) is 0 Å². The highest BCUT2D eigenvalue weighted by Crippen LogP contribution is 2.31. The molecule has 1 aromatic carbocycles. The minimum Gasteiger partial charge on any atom is -0.398 e. The van der Waals surface area contributed by atoms with E-state index in [4.69, 9.17) is 5.73 Å². The van der Waals surface area contributed by atoms with Crippen LogP contribution in [0.2, 0.25) is 0 Å². The molecule has 0 bridgehead atoms. The number of sulfone groups is 1. The second-order valence-corrected chi connectivity index (χ2v) is 8.58. The summed E-state index contributed by atoms with van der Waals surface area (Å²) >= 11 is 0. The fourth-order valence-corrected chi connectivity index (χ4v) is 3.68. The highest BCUT2D eigenvalue weighted by atomic mass is 32.2. The third-order valence-corrected chi connectivity index (χ3v) is 5.38. The van der Waals surface area contributed by atoms with Crippen LogP contribution < -0.4 is 5.73 Å². The minimum absolute atomic E-state index is 0.00157. The average Bonchev–Trinajstić information content (AvgIpc) is 2.79. The SMILES string of the molecule is CS(=O)(=O)CCN1C(=O)CCC(N2C(=O)c3cccc(N)c3C2=O)C1=O. The summed E-state index contributed by atoms with van der Waals surface area (Å²) < 4.78 is 22.7. The van der Waals surface area contributed by atoms with Crippen LogP contribution >= 0.6 is 0 Å². The van der Waals surface area contributed by atoms with Crippen LogP contribution in [-0.4, -0.2) is 66.4 Å². The largest absolute Gasteiger partial charge is 0.398 e. The number of benzene rings is 1. The van der Waals surface area contributed by atoms with Gasteiger partial charge in [0.25, 0.3) is 17.7 Å². The molecule has 0 aliphatic carbocycles. The van der Waals surface area contributed by atoms with E-state index in [2.05, 4.69) is 0 Å². The zero-order chi connectivity index (χ0) is 19.2. The van der Waals surface area contributed by atoms with Crippen molar-refractivity contribution >= 4 is 39.2 Å². The second kappa shape index (κ2) is 6.20. The Balaban J connectivity index is 1.89. The predicted molar refractivity (Wildman–Crippen MR) is 90.8 cm³/mol. The fraction of sp³-hybridized carbons (Fsp3) is 0.375. The number of anilines is 1. The maximum absolute atomic E-state index is 12.7. The number of hydrogen-bond acceptors (Lipinski definition) is 7. The summed E-state index contributed by atoms with van der Waals surface area (Å²) in [6.07, 6.45) is 0.928. The summed E-state index contributed by atoms with van der Waals surface area (Å²) in [6.45, 7) is -0.307. The number of rotatable bonds is 4. The lowest BCUT2D eigenvalue weighted by molar-refractivity contribution is -0.151. The molecule has 2 N–H and O–H groups in total. The van der Waals surface area contributed by atoms with Crippen molar-refractivity contribution in [2.45, 2.75) is 18.9 Å². The van der Waals surface area contributed by atoms with Crippen LogP contribution in [0.3, 0.4) is 0 Å². The van der Waals surface area contributed by atoms with Crippen molar-refractivity contribution in [3.63, 3.8) is 0 Å². The summed E-state index contributed by atoms with van der Waals surface area (Å²) in [5.41, 5.74) is 6.08. The van der Waals surface area contributed by atoms with Gasteiger partial charge in [-0.15, -0.1) is 0 Å². The second-order valence-electron chi connectivity index (χ2n) is 6.32. The summed E-state index contributed by atoms with van der Waals surface area (Å²) in [5, 5.41) is 0. The Labute approximate surface area is 149 Å². The van der Waals surface area contributed by atoms with Crippen molar-refractivity contribution in [2.75, 3.05) is 24.3 Å². The Morgan fingerprint density at radius 2 is 1.85 bits per heavy atom. The zero-order valence-corrected chi connectivity index (χ0v) is 14.8. The molecule has 3 rings (SSSR count). The Hall–Kier alpha value is -2.75. The predicted octanol–water partition coefficient (Wildman–Crippen LogP) is -0.573. The van der Waals surface area contributed by atoms with E-state index >= 15 is 0 Å². The number of carbonyl (C=O) groups excluding carboxylic acids is 4. The number of carbonyl (C=O) groups is 4. The van der Waals surface area contributed by atoms with E-state index in [1.54, 1.807) is 0 Å². The van der Waals surface area contributed by atoms with E-state index in [1.807, 2.05) is 0 Å². The number of likely N-dealkylation sites (tertiary alicyclic amines) is 1. The molecule has 10 heteroatoms. The standard InChI is InChI=1S/C16H17N3O6S/c1-26(24,25)8-7-18-12(20)6-5-11(15(18)22)19-14(21)9-3-2-4-10(17)13(9)16(19)23/h2-4,11H,5-8,17H2,1H3. The lowest BCUT2D eigenvalue weighted by Gasteiger charge is -2.34. The Morgan fingerprint density at radius 1 is 1.15 bits per heavy atom. The van der Waals surface area contributed by atoms with Gasteiger partial charge in [0, 0.05) is 24.9 Å². The van der Waals surface area contributed by atoms with Gasteiger partial charge in [0.05, 0.1) is 16.9 Å². The van der Waals surface area contributed by atoms with Crippen LogP contribution in [0.1, 0.15) is 33.6 Å². The number of nitrogens with zero attached hydrogens (tertiary/aromatic N) is 2. The van der Waals surface area contributed by atoms with Gasteiger partial charge in [0.2, 0.25) is 5.91 Å². The van der Waals surface area contributed by atoms with Crippen molar-refractivity contribution in [3.05, 3.63) is 29.3 Å². The van der Waals surface area contributed by atoms with Gasteiger partial charge in [0.15, 0.2) is 0 Å². The number of hydrogen-bond donors (Lipinski definition) is 1. The topological polar surface area (TPSA) is 135 Å². The van der Waals surface area contributed by atoms with Crippen molar-refractivity contribution in [2.24, 2.45) is 0 Å². The molecule has 1 aromatic rings. The molecule has 0 aromatic heterocycles. The Morgan fingerprint density at radius 3 is 2.46 bits per heavy atom. The van der Waals surface area contributed by atoms with Gasteiger partial charge in [-0.05, 0) is 18.6 Å². The Bertz CT molecular complexity index is 939. The molecule has 2 heterocycles. The first-order valence-electron chi connectivity index (χ1n) is 7.90. The minimum atomic E-state index is -3.39.